The van der Waals surface area contributed by atoms with E-state index in [0.29, 0.717) is 12.5 Å². The molecule has 0 bridgehead atoms. The van der Waals surface area contributed by atoms with E-state index in [1.165, 1.54) is 0 Å². The van der Waals surface area contributed by atoms with Crippen LogP contribution < -0.4 is 0 Å². The lowest BCUT2D eigenvalue weighted by molar-refractivity contribution is -0.0598. The van der Waals surface area contributed by atoms with Crippen LogP contribution >= 0.6 is 11.6 Å². The van der Waals surface area contributed by atoms with E-state index in [1.54, 1.807) is 0 Å². The van der Waals surface area contributed by atoms with Gasteiger partial charge in [-0.3, -0.25) is 4.90 Å². The summed E-state index contributed by atoms with van der Waals surface area (Å²) in [7, 11) is 0. The number of hydrogen-bond donors (Lipinski definition) is 0. The summed E-state index contributed by atoms with van der Waals surface area (Å²) in [5.41, 5.74) is 0.141. The van der Waals surface area contributed by atoms with Crippen molar-refractivity contribution in [3.8, 4) is 0 Å². The van der Waals surface area contributed by atoms with Crippen molar-refractivity contribution in [2.75, 3.05) is 45.4 Å². The van der Waals surface area contributed by atoms with Crippen LogP contribution in [0.1, 0.15) is 13.8 Å². The maximum absolute atomic E-state index is 5.52. The molecular weight excluding hydrogens is 202 g/mol. The second kappa shape index (κ2) is 5.91. The van der Waals surface area contributed by atoms with Crippen LogP contribution in [0.2, 0.25) is 0 Å². The standard InChI is InChI=1S/C10H20ClNO2/c1-10(2)9-14-8-5-12(10)4-7-13-6-3-11/h3-9H2,1-2H3. The van der Waals surface area contributed by atoms with Crippen molar-refractivity contribution in [1.29, 1.82) is 0 Å². The largest absolute Gasteiger partial charge is 0.379 e. The first-order valence-electron chi connectivity index (χ1n) is 5.13. The van der Waals surface area contributed by atoms with Crippen molar-refractivity contribution in [2.45, 2.75) is 19.4 Å². The third kappa shape index (κ3) is 3.73. The summed E-state index contributed by atoms with van der Waals surface area (Å²) in [6.45, 7) is 9.41. The lowest BCUT2D eigenvalue weighted by Crippen LogP contribution is -2.53. The minimum absolute atomic E-state index is 0.141. The van der Waals surface area contributed by atoms with E-state index in [4.69, 9.17) is 21.1 Å². The molecule has 1 fully saturated rings. The minimum Gasteiger partial charge on any atom is -0.379 e. The molecule has 0 aromatic heterocycles. The summed E-state index contributed by atoms with van der Waals surface area (Å²) in [6, 6.07) is 0. The molecule has 0 spiro atoms. The molecule has 1 rings (SSSR count). The maximum atomic E-state index is 5.52. The van der Waals surface area contributed by atoms with Crippen molar-refractivity contribution >= 4 is 11.6 Å². The van der Waals surface area contributed by atoms with Crippen LogP contribution in [0.3, 0.4) is 0 Å². The van der Waals surface area contributed by atoms with Gasteiger partial charge in [0, 0.05) is 24.5 Å². The van der Waals surface area contributed by atoms with Crippen LogP contribution in [0.25, 0.3) is 0 Å². The Hall–Kier alpha value is 0.170. The average Bonchev–Trinajstić information content (AvgIpc) is 2.14. The fourth-order valence-corrected chi connectivity index (χ4v) is 1.75. The molecule has 0 radical (unpaired) electrons. The van der Waals surface area contributed by atoms with Crippen LogP contribution in [0, 0.1) is 0 Å². The summed E-state index contributed by atoms with van der Waals surface area (Å²) in [4.78, 5) is 2.41. The Bertz CT molecular complexity index is 164. The Morgan fingerprint density at radius 3 is 2.86 bits per heavy atom. The SMILES string of the molecule is CC1(C)COCCN1CCOCCCl. The normalized spacial score (nSPS) is 22.5. The van der Waals surface area contributed by atoms with Crippen molar-refractivity contribution in [3.05, 3.63) is 0 Å². The minimum atomic E-state index is 0.141. The van der Waals surface area contributed by atoms with Gasteiger partial charge in [-0.1, -0.05) is 0 Å². The number of alkyl halides is 1. The number of hydrogen-bond acceptors (Lipinski definition) is 3. The van der Waals surface area contributed by atoms with Crippen molar-refractivity contribution in [3.63, 3.8) is 0 Å². The molecule has 0 aliphatic carbocycles. The molecule has 0 aromatic rings. The van der Waals surface area contributed by atoms with E-state index in [1.807, 2.05) is 0 Å². The number of rotatable bonds is 5. The molecule has 4 heteroatoms. The smallest absolute Gasteiger partial charge is 0.0645 e. The van der Waals surface area contributed by atoms with Gasteiger partial charge in [0.15, 0.2) is 0 Å². The molecule has 0 amide bonds. The average molecular weight is 222 g/mol. The van der Waals surface area contributed by atoms with E-state index < -0.39 is 0 Å². The molecule has 84 valence electrons. The van der Waals surface area contributed by atoms with Crippen LogP contribution in [-0.2, 0) is 9.47 Å². The zero-order valence-corrected chi connectivity index (χ0v) is 9.85. The van der Waals surface area contributed by atoms with E-state index in [-0.39, 0.29) is 5.54 Å². The summed E-state index contributed by atoms with van der Waals surface area (Å²) in [5.74, 6) is 0.576. The topological polar surface area (TPSA) is 21.7 Å². The molecule has 1 aliphatic heterocycles. The van der Waals surface area contributed by atoms with E-state index in [0.717, 1.165) is 32.9 Å². The van der Waals surface area contributed by atoms with Gasteiger partial charge >= 0.3 is 0 Å². The number of halogens is 1. The van der Waals surface area contributed by atoms with Gasteiger partial charge < -0.3 is 9.47 Å². The van der Waals surface area contributed by atoms with Crippen LogP contribution in [-0.4, -0.2) is 55.8 Å². The first-order chi connectivity index (χ1) is 6.67. The van der Waals surface area contributed by atoms with Gasteiger partial charge in [-0.15, -0.1) is 11.6 Å². The highest BCUT2D eigenvalue weighted by molar-refractivity contribution is 6.17. The van der Waals surface area contributed by atoms with Crippen molar-refractivity contribution in [1.82, 2.24) is 4.90 Å². The summed E-state index contributed by atoms with van der Waals surface area (Å²) >= 11 is 5.52. The van der Waals surface area contributed by atoms with Crippen LogP contribution in [0.15, 0.2) is 0 Å². The zero-order valence-electron chi connectivity index (χ0n) is 9.09. The monoisotopic (exact) mass is 221 g/mol. The molecule has 3 nitrogen and oxygen atoms in total. The summed E-state index contributed by atoms with van der Waals surface area (Å²) < 4.78 is 10.8. The molecule has 0 unspecified atom stereocenters. The Morgan fingerprint density at radius 2 is 2.21 bits per heavy atom. The van der Waals surface area contributed by atoms with Gasteiger partial charge in [0.25, 0.3) is 0 Å². The number of nitrogens with zero attached hydrogens (tertiary/aromatic N) is 1. The van der Waals surface area contributed by atoms with Gasteiger partial charge in [-0.05, 0) is 13.8 Å². The lowest BCUT2D eigenvalue weighted by atomic mass is 10.0. The molecule has 0 aromatic carbocycles. The fraction of sp³-hybridized carbons (Fsp3) is 1.00. The van der Waals surface area contributed by atoms with Crippen molar-refractivity contribution in [2.24, 2.45) is 0 Å². The number of morpholine rings is 1. The molecule has 1 heterocycles. The Labute approximate surface area is 91.3 Å². The van der Waals surface area contributed by atoms with Crippen LogP contribution in [0.5, 0.6) is 0 Å². The quantitative estimate of drug-likeness (QED) is 0.517. The first kappa shape index (κ1) is 12.2. The highest BCUT2D eigenvalue weighted by Crippen LogP contribution is 2.17. The van der Waals surface area contributed by atoms with E-state index in [2.05, 4.69) is 18.7 Å². The Morgan fingerprint density at radius 1 is 1.43 bits per heavy atom. The molecule has 14 heavy (non-hydrogen) atoms. The van der Waals surface area contributed by atoms with Crippen molar-refractivity contribution < 1.29 is 9.47 Å². The molecule has 0 N–H and O–H groups in total. The molecule has 0 saturated carbocycles. The predicted octanol–water partition coefficient (Wildman–Crippen LogP) is 1.35. The van der Waals surface area contributed by atoms with Gasteiger partial charge in [0.2, 0.25) is 0 Å². The Kier molecular flexibility index (Phi) is 5.17. The molecule has 1 saturated heterocycles. The van der Waals surface area contributed by atoms with Crippen LogP contribution in [0.4, 0.5) is 0 Å². The highest BCUT2D eigenvalue weighted by Gasteiger charge is 2.29. The van der Waals surface area contributed by atoms with Gasteiger partial charge in [0.05, 0.1) is 26.4 Å². The maximum Gasteiger partial charge on any atom is 0.0645 e. The first-order valence-corrected chi connectivity index (χ1v) is 5.67. The van der Waals surface area contributed by atoms with Gasteiger partial charge in [0.1, 0.15) is 0 Å². The fourth-order valence-electron chi connectivity index (χ4n) is 1.64. The van der Waals surface area contributed by atoms with Gasteiger partial charge in [-0.25, -0.2) is 0 Å². The second-order valence-electron chi connectivity index (χ2n) is 4.15. The van der Waals surface area contributed by atoms with E-state index >= 15 is 0 Å². The number of ether oxygens (including phenoxy) is 2. The van der Waals surface area contributed by atoms with Gasteiger partial charge in [-0.2, -0.15) is 0 Å². The molecule has 0 atom stereocenters. The summed E-state index contributed by atoms with van der Waals surface area (Å²) in [6.07, 6.45) is 0. The highest BCUT2D eigenvalue weighted by atomic mass is 35.5. The molecule has 1 aliphatic rings. The third-order valence-electron chi connectivity index (χ3n) is 2.54. The Balaban J connectivity index is 2.20. The third-order valence-corrected chi connectivity index (χ3v) is 2.70. The summed E-state index contributed by atoms with van der Waals surface area (Å²) in [5, 5.41) is 0. The lowest BCUT2D eigenvalue weighted by Gasteiger charge is -2.42. The zero-order chi connectivity index (χ0) is 10.4. The van der Waals surface area contributed by atoms with E-state index in [9.17, 15) is 0 Å². The second-order valence-corrected chi connectivity index (χ2v) is 4.53. The molecular formula is C10H20ClNO2. The predicted molar refractivity (Wildman–Crippen MR) is 58.0 cm³/mol.